The van der Waals surface area contributed by atoms with Crippen LogP contribution in [0.4, 0.5) is 0 Å². The van der Waals surface area contributed by atoms with Gasteiger partial charge in [0.2, 0.25) is 0 Å². The molecular weight excluding hydrogens is 286 g/mol. The van der Waals surface area contributed by atoms with Crippen LogP contribution in [0.2, 0.25) is 0 Å². The van der Waals surface area contributed by atoms with Crippen molar-refractivity contribution in [2.24, 2.45) is 0 Å². The van der Waals surface area contributed by atoms with Gasteiger partial charge >= 0.3 is 0 Å². The van der Waals surface area contributed by atoms with Gasteiger partial charge in [0, 0.05) is 29.2 Å². The zero-order chi connectivity index (χ0) is 15.8. The number of H-pyrrole nitrogens is 1. The lowest BCUT2D eigenvalue weighted by atomic mass is 10.0. The first-order valence-electron chi connectivity index (χ1n) is 7.77. The summed E-state index contributed by atoms with van der Waals surface area (Å²) < 4.78 is 1.98. The quantitative estimate of drug-likeness (QED) is 0.630. The van der Waals surface area contributed by atoms with E-state index in [1.54, 1.807) is 0 Å². The minimum absolute atomic E-state index is 0.834. The Bertz CT molecular complexity index is 964. The van der Waals surface area contributed by atoms with Crippen LogP contribution in [0.3, 0.4) is 0 Å². The summed E-state index contributed by atoms with van der Waals surface area (Å²) in [6.45, 7) is 1.77. The fourth-order valence-corrected chi connectivity index (χ4v) is 2.90. The van der Waals surface area contributed by atoms with Gasteiger partial charge in [-0.3, -0.25) is 0 Å². The molecule has 0 fully saturated rings. The van der Waals surface area contributed by atoms with Gasteiger partial charge in [-0.15, -0.1) is 5.10 Å². The van der Waals surface area contributed by atoms with E-state index < -0.39 is 0 Å². The Balaban J connectivity index is 1.80. The lowest BCUT2D eigenvalue weighted by Crippen LogP contribution is -2.19. The summed E-state index contributed by atoms with van der Waals surface area (Å²) in [6, 6.07) is 14.7. The first-order chi connectivity index (χ1) is 11.2. The third kappa shape index (κ3) is 2.49. The third-order valence-corrected chi connectivity index (χ3v) is 4.17. The average Bonchev–Trinajstić information content (AvgIpc) is 3.16. The molecule has 1 N–H and O–H groups in total. The van der Waals surface area contributed by atoms with Crippen LogP contribution in [0.25, 0.3) is 33.1 Å². The molecule has 2 aromatic heterocycles. The van der Waals surface area contributed by atoms with Crippen LogP contribution in [0, 0.1) is 0 Å². The summed E-state index contributed by atoms with van der Waals surface area (Å²) in [4.78, 5) is 5.49. The van der Waals surface area contributed by atoms with Gasteiger partial charge in [0.15, 0.2) is 0 Å². The van der Waals surface area contributed by atoms with Crippen LogP contribution >= 0.6 is 0 Å². The predicted molar refractivity (Wildman–Crippen MR) is 93.4 cm³/mol. The number of likely N-dealkylation sites (N-methyl/N-ethyl adjacent to an activating group) is 1. The van der Waals surface area contributed by atoms with Gasteiger partial charge in [-0.1, -0.05) is 29.5 Å². The molecule has 0 saturated heterocycles. The molecule has 23 heavy (non-hydrogen) atoms. The van der Waals surface area contributed by atoms with Crippen molar-refractivity contribution in [3.05, 3.63) is 48.7 Å². The van der Waals surface area contributed by atoms with Crippen LogP contribution in [-0.2, 0) is 6.54 Å². The second-order valence-corrected chi connectivity index (χ2v) is 6.07. The molecule has 5 nitrogen and oxygen atoms in total. The molecular formula is C18H19N5. The average molecular weight is 305 g/mol. The smallest absolute Gasteiger partial charge is 0.113 e. The Morgan fingerprint density at radius 2 is 2.00 bits per heavy atom. The highest BCUT2D eigenvalue weighted by molar-refractivity contribution is 5.97. The van der Waals surface area contributed by atoms with Crippen molar-refractivity contribution in [2.75, 3.05) is 20.6 Å². The summed E-state index contributed by atoms with van der Waals surface area (Å²) in [5.41, 5.74) is 5.56. The van der Waals surface area contributed by atoms with Crippen LogP contribution in [0.1, 0.15) is 0 Å². The standard InChI is InChI=1S/C18H19N5/c1-22(2)9-10-23-18-11-13(7-8-17(18)20-21-23)15-12-19-16-6-4-3-5-14(15)16/h3-8,11-12,19H,9-10H2,1-2H3. The maximum atomic E-state index is 4.28. The number of hydrogen-bond donors (Lipinski definition) is 1. The van der Waals surface area contributed by atoms with E-state index in [4.69, 9.17) is 0 Å². The van der Waals surface area contributed by atoms with Crippen molar-refractivity contribution in [2.45, 2.75) is 6.54 Å². The number of nitrogens with one attached hydrogen (secondary N) is 1. The fraction of sp³-hybridized carbons (Fsp3) is 0.222. The van der Waals surface area contributed by atoms with Crippen LogP contribution in [-0.4, -0.2) is 45.5 Å². The van der Waals surface area contributed by atoms with Crippen molar-refractivity contribution in [3.63, 3.8) is 0 Å². The molecule has 5 heteroatoms. The van der Waals surface area contributed by atoms with Crippen molar-refractivity contribution in [1.29, 1.82) is 0 Å². The highest BCUT2D eigenvalue weighted by Gasteiger charge is 2.10. The van der Waals surface area contributed by atoms with E-state index in [9.17, 15) is 0 Å². The van der Waals surface area contributed by atoms with E-state index in [1.165, 1.54) is 16.5 Å². The van der Waals surface area contributed by atoms with Crippen molar-refractivity contribution in [1.82, 2.24) is 24.9 Å². The van der Waals surface area contributed by atoms with Crippen LogP contribution in [0.5, 0.6) is 0 Å². The van der Waals surface area contributed by atoms with E-state index in [-0.39, 0.29) is 0 Å². The fourth-order valence-electron chi connectivity index (χ4n) is 2.90. The van der Waals surface area contributed by atoms with Crippen molar-refractivity contribution >= 4 is 21.9 Å². The molecule has 0 spiro atoms. The number of benzene rings is 2. The second-order valence-electron chi connectivity index (χ2n) is 6.07. The van der Waals surface area contributed by atoms with Gasteiger partial charge in [-0.25, -0.2) is 4.68 Å². The second kappa shape index (κ2) is 5.52. The zero-order valence-electron chi connectivity index (χ0n) is 13.3. The van der Waals surface area contributed by atoms with Gasteiger partial charge in [-0.05, 0) is 37.9 Å². The van der Waals surface area contributed by atoms with E-state index in [1.807, 2.05) is 16.8 Å². The van der Waals surface area contributed by atoms with Gasteiger partial charge in [0.1, 0.15) is 5.52 Å². The number of fused-ring (bicyclic) bond motifs is 2. The topological polar surface area (TPSA) is 49.7 Å². The van der Waals surface area contributed by atoms with Gasteiger partial charge in [0.25, 0.3) is 0 Å². The molecule has 2 aromatic carbocycles. The number of rotatable bonds is 4. The number of aromatic amines is 1. The Labute approximate surface area is 134 Å². The minimum atomic E-state index is 0.834. The minimum Gasteiger partial charge on any atom is -0.361 e. The molecule has 0 aliphatic carbocycles. The first-order valence-corrected chi connectivity index (χ1v) is 7.77. The number of nitrogens with zero attached hydrogens (tertiary/aromatic N) is 4. The molecule has 4 aromatic rings. The lowest BCUT2D eigenvalue weighted by molar-refractivity contribution is 0.374. The predicted octanol–water partition coefficient (Wildman–Crippen LogP) is 3.14. The lowest BCUT2D eigenvalue weighted by Gasteiger charge is -2.09. The largest absolute Gasteiger partial charge is 0.361 e. The molecule has 0 aliphatic heterocycles. The van der Waals surface area contributed by atoms with Gasteiger partial charge in [0.05, 0.1) is 12.1 Å². The molecule has 0 saturated carbocycles. The highest BCUT2D eigenvalue weighted by Crippen LogP contribution is 2.30. The normalized spacial score (nSPS) is 11.8. The maximum Gasteiger partial charge on any atom is 0.113 e. The number of hydrogen-bond acceptors (Lipinski definition) is 3. The highest BCUT2D eigenvalue weighted by atomic mass is 15.4. The number of aromatic nitrogens is 4. The SMILES string of the molecule is CN(C)CCn1nnc2ccc(-c3c[nH]c4ccccc34)cc21. The maximum absolute atomic E-state index is 4.28. The summed E-state index contributed by atoms with van der Waals surface area (Å²) >= 11 is 0. The van der Waals surface area contributed by atoms with E-state index in [0.29, 0.717) is 0 Å². The molecule has 0 aliphatic rings. The van der Waals surface area contributed by atoms with E-state index in [2.05, 4.69) is 70.8 Å². The Morgan fingerprint density at radius 3 is 2.87 bits per heavy atom. The van der Waals surface area contributed by atoms with Crippen molar-refractivity contribution in [3.8, 4) is 11.1 Å². The zero-order valence-corrected chi connectivity index (χ0v) is 13.3. The molecule has 0 unspecified atom stereocenters. The van der Waals surface area contributed by atoms with Crippen LogP contribution < -0.4 is 0 Å². The third-order valence-electron chi connectivity index (χ3n) is 4.17. The van der Waals surface area contributed by atoms with E-state index >= 15 is 0 Å². The summed E-state index contributed by atoms with van der Waals surface area (Å²) in [6.07, 6.45) is 2.07. The molecule has 0 bridgehead atoms. The first kappa shape index (κ1) is 14.0. The Kier molecular flexibility index (Phi) is 3.35. The van der Waals surface area contributed by atoms with Crippen LogP contribution in [0.15, 0.2) is 48.7 Å². The molecule has 4 rings (SSSR count). The van der Waals surface area contributed by atoms with Gasteiger partial charge < -0.3 is 9.88 Å². The summed E-state index contributed by atoms with van der Waals surface area (Å²) in [7, 11) is 4.13. The molecule has 2 heterocycles. The molecule has 0 amide bonds. The number of para-hydroxylation sites is 1. The monoisotopic (exact) mass is 305 g/mol. The Hall–Kier alpha value is -2.66. The van der Waals surface area contributed by atoms with Gasteiger partial charge in [-0.2, -0.15) is 0 Å². The molecule has 0 atom stereocenters. The molecule has 0 radical (unpaired) electrons. The summed E-state index contributed by atoms with van der Waals surface area (Å²) in [5.74, 6) is 0. The Morgan fingerprint density at radius 1 is 1.13 bits per heavy atom. The van der Waals surface area contributed by atoms with E-state index in [0.717, 1.165) is 29.6 Å². The van der Waals surface area contributed by atoms with Crippen molar-refractivity contribution < 1.29 is 0 Å². The molecule has 116 valence electrons. The summed E-state index contributed by atoms with van der Waals surface area (Å²) in [5, 5.41) is 9.79.